The van der Waals surface area contributed by atoms with Crippen molar-refractivity contribution in [3.05, 3.63) is 71.7 Å². The van der Waals surface area contributed by atoms with E-state index >= 15 is 0 Å². The van der Waals surface area contributed by atoms with Crippen LogP contribution in [0.25, 0.3) is 0 Å². The Bertz CT molecular complexity index is 861. The highest BCUT2D eigenvalue weighted by Crippen LogP contribution is 2.15. The molecule has 0 aliphatic carbocycles. The quantitative estimate of drug-likeness (QED) is 0.598. The van der Waals surface area contributed by atoms with Crippen LogP contribution in [0.5, 0.6) is 0 Å². The molecular formula is C19H17FN2O5. The summed E-state index contributed by atoms with van der Waals surface area (Å²) in [5, 5.41) is 5.36. The number of carbonyl (C=O) groups is 3. The lowest BCUT2D eigenvalue weighted by Crippen LogP contribution is -2.16. The number of esters is 2. The van der Waals surface area contributed by atoms with Crippen molar-refractivity contribution < 1.29 is 28.2 Å². The number of halogens is 1. The summed E-state index contributed by atoms with van der Waals surface area (Å²) in [4.78, 5) is 35.3. The Morgan fingerprint density at radius 3 is 1.96 bits per heavy atom. The van der Waals surface area contributed by atoms with Gasteiger partial charge in [-0.05, 0) is 48.5 Å². The Balaban J connectivity index is 2.09. The van der Waals surface area contributed by atoms with Crippen molar-refractivity contribution in [1.29, 1.82) is 0 Å². The van der Waals surface area contributed by atoms with Crippen molar-refractivity contribution in [2.24, 2.45) is 0 Å². The minimum atomic E-state index is -0.751. The van der Waals surface area contributed by atoms with E-state index in [4.69, 9.17) is 0 Å². The third kappa shape index (κ3) is 5.67. The summed E-state index contributed by atoms with van der Waals surface area (Å²) < 4.78 is 22.0. The van der Waals surface area contributed by atoms with Crippen molar-refractivity contribution in [3.63, 3.8) is 0 Å². The molecule has 0 unspecified atom stereocenters. The molecule has 0 spiro atoms. The first-order valence-electron chi connectivity index (χ1n) is 7.75. The number of carbonyl (C=O) groups excluding carboxylic acids is 3. The van der Waals surface area contributed by atoms with E-state index in [0.717, 1.165) is 6.08 Å². The highest BCUT2D eigenvalue weighted by atomic mass is 19.1. The van der Waals surface area contributed by atoms with Crippen molar-refractivity contribution in [3.8, 4) is 0 Å². The highest BCUT2D eigenvalue weighted by Gasteiger charge is 2.13. The molecule has 1 amide bonds. The molecule has 7 nitrogen and oxygen atoms in total. The monoisotopic (exact) mass is 372 g/mol. The van der Waals surface area contributed by atoms with Gasteiger partial charge in [-0.2, -0.15) is 0 Å². The van der Waals surface area contributed by atoms with E-state index in [9.17, 15) is 18.8 Å². The standard InChI is InChI=1S/C19H17FN2O5/c1-26-17(23)11-16(19(25)27-2)21-14-7-3-12(4-8-14)18(24)22-15-9-5-13(20)6-10-15/h3-11,21H,1-2H3,(H,22,24)/b16-11+. The summed E-state index contributed by atoms with van der Waals surface area (Å²) in [6, 6.07) is 11.5. The first-order valence-corrected chi connectivity index (χ1v) is 7.75. The van der Waals surface area contributed by atoms with Crippen LogP contribution in [-0.4, -0.2) is 32.1 Å². The minimum absolute atomic E-state index is 0.118. The summed E-state index contributed by atoms with van der Waals surface area (Å²) in [6.45, 7) is 0. The third-order valence-corrected chi connectivity index (χ3v) is 3.40. The van der Waals surface area contributed by atoms with Crippen LogP contribution in [-0.2, 0) is 19.1 Å². The van der Waals surface area contributed by atoms with Crippen molar-refractivity contribution in [2.75, 3.05) is 24.9 Å². The zero-order valence-corrected chi connectivity index (χ0v) is 14.6. The van der Waals surface area contributed by atoms with E-state index in [2.05, 4.69) is 20.1 Å². The molecule has 27 heavy (non-hydrogen) atoms. The second kappa shape index (κ2) is 9.14. The molecule has 2 aromatic rings. The molecular weight excluding hydrogens is 355 g/mol. The lowest BCUT2D eigenvalue weighted by Gasteiger charge is -2.10. The van der Waals surface area contributed by atoms with Crippen molar-refractivity contribution in [1.82, 2.24) is 0 Å². The number of ether oxygens (including phenoxy) is 2. The maximum absolute atomic E-state index is 12.9. The van der Waals surface area contributed by atoms with Crippen LogP contribution < -0.4 is 10.6 Å². The van der Waals surface area contributed by atoms with Gasteiger partial charge in [-0.25, -0.2) is 14.0 Å². The Hall–Kier alpha value is -3.68. The summed E-state index contributed by atoms with van der Waals surface area (Å²) >= 11 is 0. The molecule has 2 rings (SSSR count). The molecule has 0 aliphatic rings. The van der Waals surface area contributed by atoms with Crippen LogP contribution in [0.1, 0.15) is 10.4 Å². The van der Waals surface area contributed by atoms with E-state index in [1.54, 1.807) is 12.1 Å². The van der Waals surface area contributed by atoms with Gasteiger partial charge in [0.25, 0.3) is 5.91 Å². The van der Waals surface area contributed by atoms with Gasteiger partial charge in [-0.3, -0.25) is 4.79 Å². The number of methoxy groups -OCH3 is 2. The SMILES string of the molecule is COC(=O)/C=C(/Nc1ccc(C(=O)Nc2ccc(F)cc2)cc1)C(=O)OC. The topological polar surface area (TPSA) is 93.7 Å². The molecule has 0 atom stereocenters. The molecule has 0 radical (unpaired) electrons. The van der Waals surface area contributed by atoms with Gasteiger partial charge in [0, 0.05) is 16.9 Å². The van der Waals surface area contributed by atoms with E-state index in [1.807, 2.05) is 0 Å². The molecule has 0 aliphatic heterocycles. The fourth-order valence-electron chi connectivity index (χ4n) is 2.03. The molecule has 0 heterocycles. The van der Waals surface area contributed by atoms with E-state index in [1.165, 1.54) is 50.6 Å². The first kappa shape index (κ1) is 19.6. The first-order chi connectivity index (χ1) is 12.9. The van der Waals surface area contributed by atoms with Crippen molar-refractivity contribution in [2.45, 2.75) is 0 Å². The van der Waals surface area contributed by atoms with E-state index in [0.29, 0.717) is 16.9 Å². The summed E-state index contributed by atoms with van der Waals surface area (Å²) in [5.74, 6) is -2.26. The third-order valence-electron chi connectivity index (χ3n) is 3.40. The van der Waals surface area contributed by atoms with Crippen LogP contribution in [0.4, 0.5) is 15.8 Å². The number of amides is 1. The summed E-state index contributed by atoms with van der Waals surface area (Å²) in [6.07, 6.45) is 0.959. The number of rotatable bonds is 6. The smallest absolute Gasteiger partial charge is 0.354 e. The van der Waals surface area contributed by atoms with Crippen LogP contribution in [0.15, 0.2) is 60.3 Å². The van der Waals surface area contributed by atoms with Gasteiger partial charge in [0.15, 0.2) is 0 Å². The Morgan fingerprint density at radius 1 is 0.852 bits per heavy atom. The number of benzene rings is 2. The molecule has 0 saturated carbocycles. The second-order valence-corrected chi connectivity index (χ2v) is 5.24. The molecule has 140 valence electrons. The zero-order valence-electron chi connectivity index (χ0n) is 14.6. The molecule has 2 aromatic carbocycles. The van der Waals surface area contributed by atoms with Crippen LogP contribution in [0, 0.1) is 5.82 Å². The Morgan fingerprint density at radius 2 is 1.41 bits per heavy atom. The maximum atomic E-state index is 12.9. The Kier molecular flexibility index (Phi) is 6.65. The van der Waals surface area contributed by atoms with Gasteiger partial charge >= 0.3 is 11.9 Å². The lowest BCUT2D eigenvalue weighted by molar-refractivity contribution is -0.138. The fraction of sp³-hybridized carbons (Fsp3) is 0.105. The second-order valence-electron chi connectivity index (χ2n) is 5.24. The van der Waals surface area contributed by atoms with Gasteiger partial charge in [0.05, 0.1) is 20.3 Å². The normalized spacial score (nSPS) is 10.7. The number of anilines is 2. The van der Waals surface area contributed by atoms with E-state index in [-0.39, 0.29) is 11.6 Å². The summed E-state index contributed by atoms with van der Waals surface area (Å²) in [7, 11) is 2.36. The molecule has 0 saturated heterocycles. The van der Waals surface area contributed by atoms with E-state index < -0.39 is 17.8 Å². The van der Waals surface area contributed by atoms with Gasteiger partial charge in [-0.15, -0.1) is 0 Å². The lowest BCUT2D eigenvalue weighted by atomic mass is 10.2. The zero-order chi connectivity index (χ0) is 19.8. The predicted molar refractivity (Wildman–Crippen MR) is 96.5 cm³/mol. The molecule has 0 bridgehead atoms. The van der Waals surface area contributed by atoms with Crippen LogP contribution in [0.3, 0.4) is 0 Å². The predicted octanol–water partition coefficient (Wildman–Crippen LogP) is 2.72. The molecule has 0 fully saturated rings. The van der Waals surface area contributed by atoms with Crippen LogP contribution >= 0.6 is 0 Å². The van der Waals surface area contributed by atoms with Crippen molar-refractivity contribution >= 4 is 29.2 Å². The average Bonchev–Trinajstić information content (AvgIpc) is 2.68. The minimum Gasteiger partial charge on any atom is -0.466 e. The van der Waals surface area contributed by atoms with Crippen LogP contribution in [0.2, 0.25) is 0 Å². The Labute approximate surface area is 154 Å². The largest absolute Gasteiger partial charge is 0.466 e. The van der Waals surface area contributed by atoms with Gasteiger partial charge in [-0.1, -0.05) is 0 Å². The maximum Gasteiger partial charge on any atom is 0.354 e. The number of hydrogen-bond donors (Lipinski definition) is 2. The molecule has 0 aromatic heterocycles. The molecule has 2 N–H and O–H groups in total. The highest BCUT2D eigenvalue weighted by molar-refractivity contribution is 6.04. The van der Waals surface area contributed by atoms with Gasteiger partial charge < -0.3 is 20.1 Å². The summed E-state index contributed by atoms with van der Waals surface area (Å²) in [5.41, 5.74) is 1.14. The number of hydrogen-bond acceptors (Lipinski definition) is 6. The van der Waals surface area contributed by atoms with Gasteiger partial charge in [0.2, 0.25) is 0 Å². The number of nitrogens with one attached hydrogen (secondary N) is 2. The fourth-order valence-corrected chi connectivity index (χ4v) is 2.03. The van der Waals surface area contributed by atoms with Gasteiger partial charge in [0.1, 0.15) is 11.5 Å². The average molecular weight is 372 g/mol. The molecule has 8 heteroatoms.